The monoisotopic (exact) mass is 447 g/mol. The maximum Gasteiger partial charge on any atom is 0.515 e. The SMILES string of the molecule is CCOC(=O)Oc1noc(C2CC2)c1C(=O)c1ccc(Cl)c(Cl)c1S(C)(=O)=O. The number of ketones is 1. The topological polar surface area (TPSA) is 113 Å². The molecule has 0 atom stereocenters. The molecule has 8 nitrogen and oxygen atoms in total. The molecular formula is C17H15Cl2NO7S. The fraction of sp³-hybridized carbons (Fsp3) is 0.353. The van der Waals surface area contributed by atoms with E-state index in [2.05, 4.69) is 5.16 Å². The molecule has 1 saturated carbocycles. The summed E-state index contributed by atoms with van der Waals surface area (Å²) in [6.45, 7) is 1.64. The van der Waals surface area contributed by atoms with Gasteiger partial charge in [0.25, 0.3) is 5.88 Å². The summed E-state index contributed by atoms with van der Waals surface area (Å²) in [5.41, 5.74) is -0.366. The lowest BCUT2D eigenvalue weighted by Crippen LogP contribution is -2.15. The van der Waals surface area contributed by atoms with Gasteiger partial charge in [0.2, 0.25) is 5.78 Å². The van der Waals surface area contributed by atoms with Gasteiger partial charge in [0.1, 0.15) is 5.56 Å². The second kappa shape index (κ2) is 7.73. The molecule has 0 bridgehead atoms. The van der Waals surface area contributed by atoms with Gasteiger partial charge in [-0.25, -0.2) is 13.2 Å². The van der Waals surface area contributed by atoms with Gasteiger partial charge >= 0.3 is 6.16 Å². The number of sulfone groups is 1. The largest absolute Gasteiger partial charge is 0.515 e. The van der Waals surface area contributed by atoms with Crippen molar-refractivity contribution in [2.24, 2.45) is 0 Å². The van der Waals surface area contributed by atoms with Crippen molar-refractivity contribution in [2.75, 3.05) is 12.9 Å². The zero-order valence-corrected chi connectivity index (χ0v) is 17.2. The Morgan fingerprint density at radius 3 is 2.54 bits per heavy atom. The van der Waals surface area contributed by atoms with Crippen molar-refractivity contribution in [2.45, 2.75) is 30.6 Å². The van der Waals surface area contributed by atoms with Crippen molar-refractivity contribution < 1.29 is 32.0 Å². The van der Waals surface area contributed by atoms with Crippen molar-refractivity contribution in [1.29, 1.82) is 0 Å². The normalized spacial score (nSPS) is 14.0. The van der Waals surface area contributed by atoms with Crippen LogP contribution in [0.15, 0.2) is 21.6 Å². The third-order valence-corrected chi connectivity index (χ3v) is 6.05. The molecule has 0 unspecified atom stereocenters. The number of ether oxygens (including phenoxy) is 2. The van der Waals surface area contributed by atoms with E-state index in [1.807, 2.05) is 0 Å². The number of rotatable bonds is 6. The molecule has 1 aliphatic rings. The zero-order chi connectivity index (χ0) is 20.6. The van der Waals surface area contributed by atoms with E-state index in [1.165, 1.54) is 12.1 Å². The minimum Gasteiger partial charge on any atom is -0.434 e. The van der Waals surface area contributed by atoms with E-state index < -0.39 is 32.6 Å². The van der Waals surface area contributed by atoms with Gasteiger partial charge in [-0.05, 0) is 37.1 Å². The van der Waals surface area contributed by atoms with Crippen LogP contribution in [0.2, 0.25) is 10.0 Å². The number of nitrogens with zero attached hydrogens (tertiary/aromatic N) is 1. The third-order valence-electron chi connectivity index (χ3n) is 3.97. The Morgan fingerprint density at radius 2 is 1.96 bits per heavy atom. The molecule has 0 radical (unpaired) electrons. The van der Waals surface area contributed by atoms with Gasteiger partial charge in [-0.1, -0.05) is 23.2 Å². The molecule has 150 valence electrons. The lowest BCUT2D eigenvalue weighted by Gasteiger charge is -2.11. The molecule has 0 aliphatic heterocycles. The first-order valence-electron chi connectivity index (χ1n) is 8.22. The van der Waals surface area contributed by atoms with Crippen molar-refractivity contribution in [3.63, 3.8) is 0 Å². The lowest BCUT2D eigenvalue weighted by atomic mass is 10.0. The molecule has 1 fully saturated rings. The summed E-state index contributed by atoms with van der Waals surface area (Å²) < 4.78 is 39.4. The van der Waals surface area contributed by atoms with Gasteiger partial charge in [-0.15, -0.1) is 0 Å². The van der Waals surface area contributed by atoms with Gasteiger partial charge in [0.05, 0.1) is 21.5 Å². The first-order valence-corrected chi connectivity index (χ1v) is 10.9. The summed E-state index contributed by atoms with van der Waals surface area (Å²) in [6.07, 6.45) is 1.36. The molecule has 0 saturated heterocycles. The van der Waals surface area contributed by atoms with Crippen LogP contribution in [0.1, 0.15) is 47.4 Å². The van der Waals surface area contributed by atoms with Crippen LogP contribution in [-0.4, -0.2) is 38.4 Å². The lowest BCUT2D eigenvalue weighted by molar-refractivity contribution is 0.0985. The zero-order valence-electron chi connectivity index (χ0n) is 14.8. The van der Waals surface area contributed by atoms with Crippen LogP contribution >= 0.6 is 23.2 Å². The van der Waals surface area contributed by atoms with Crippen LogP contribution in [0.3, 0.4) is 0 Å². The summed E-state index contributed by atoms with van der Waals surface area (Å²) >= 11 is 12.0. The Kier molecular flexibility index (Phi) is 5.69. The van der Waals surface area contributed by atoms with Gasteiger partial charge < -0.3 is 14.0 Å². The first-order chi connectivity index (χ1) is 13.1. The fourth-order valence-corrected chi connectivity index (χ4v) is 4.42. The number of aromatic nitrogens is 1. The average molecular weight is 448 g/mol. The Bertz CT molecular complexity index is 1060. The molecule has 2 aromatic rings. The van der Waals surface area contributed by atoms with E-state index in [-0.39, 0.29) is 39.5 Å². The highest BCUT2D eigenvalue weighted by atomic mass is 35.5. The number of hydrogen-bond donors (Lipinski definition) is 0. The predicted octanol–water partition coefficient (Wildman–Crippen LogP) is 4.03. The van der Waals surface area contributed by atoms with Crippen molar-refractivity contribution in [3.8, 4) is 5.88 Å². The highest BCUT2D eigenvalue weighted by Gasteiger charge is 2.38. The van der Waals surface area contributed by atoms with E-state index in [9.17, 15) is 18.0 Å². The van der Waals surface area contributed by atoms with E-state index in [0.717, 1.165) is 19.1 Å². The van der Waals surface area contributed by atoms with Crippen LogP contribution < -0.4 is 4.74 Å². The quantitative estimate of drug-likeness (QED) is 0.481. The Morgan fingerprint density at radius 1 is 1.29 bits per heavy atom. The number of carbonyl (C=O) groups is 2. The Balaban J connectivity index is 2.14. The maximum absolute atomic E-state index is 13.3. The van der Waals surface area contributed by atoms with Gasteiger partial charge in [0, 0.05) is 17.7 Å². The second-order valence-electron chi connectivity index (χ2n) is 6.13. The van der Waals surface area contributed by atoms with Gasteiger partial charge in [0.15, 0.2) is 15.6 Å². The number of hydrogen-bond acceptors (Lipinski definition) is 8. The number of halogens is 2. The van der Waals surface area contributed by atoms with Gasteiger partial charge in [-0.2, -0.15) is 0 Å². The molecule has 1 aliphatic carbocycles. The Labute approximate surface area is 170 Å². The van der Waals surface area contributed by atoms with Crippen molar-refractivity contribution >= 4 is 45.0 Å². The minimum atomic E-state index is -3.91. The van der Waals surface area contributed by atoms with Crippen molar-refractivity contribution in [1.82, 2.24) is 5.16 Å². The highest BCUT2D eigenvalue weighted by molar-refractivity contribution is 7.91. The van der Waals surface area contributed by atoms with E-state index >= 15 is 0 Å². The van der Waals surface area contributed by atoms with E-state index in [1.54, 1.807) is 6.92 Å². The number of carbonyl (C=O) groups excluding carboxylic acids is 2. The van der Waals surface area contributed by atoms with Crippen molar-refractivity contribution in [3.05, 3.63) is 39.1 Å². The Hall–Kier alpha value is -2.10. The fourth-order valence-electron chi connectivity index (χ4n) is 2.62. The molecule has 11 heteroatoms. The molecule has 1 aromatic heterocycles. The summed E-state index contributed by atoms with van der Waals surface area (Å²) in [6, 6.07) is 2.55. The second-order valence-corrected chi connectivity index (χ2v) is 8.86. The average Bonchev–Trinajstić information content (AvgIpc) is 3.37. The molecule has 0 N–H and O–H groups in total. The van der Waals surface area contributed by atoms with Crippen LogP contribution in [0.4, 0.5) is 4.79 Å². The molecule has 0 spiro atoms. The molecule has 3 rings (SSSR count). The standard InChI is InChI=1S/C17H15Cl2NO7S/c1-3-25-17(22)26-16-11(14(27-20-16)8-4-5-8)13(21)9-6-7-10(18)12(19)15(9)28(2,23)24/h6-8H,3-5H2,1-2H3. The first kappa shape index (κ1) is 20.6. The minimum absolute atomic E-state index is 0.0191. The summed E-state index contributed by atoms with van der Waals surface area (Å²) in [5.74, 6) is -1.01. The van der Waals surface area contributed by atoms with Crippen LogP contribution in [0.25, 0.3) is 0 Å². The summed E-state index contributed by atoms with van der Waals surface area (Å²) in [5, 5.41) is 3.36. The third kappa shape index (κ3) is 4.01. The predicted molar refractivity (Wildman–Crippen MR) is 99.1 cm³/mol. The van der Waals surface area contributed by atoms with E-state index in [4.69, 9.17) is 37.2 Å². The number of benzene rings is 1. The van der Waals surface area contributed by atoms with Crippen LogP contribution in [0, 0.1) is 0 Å². The van der Waals surface area contributed by atoms with Gasteiger partial charge in [-0.3, -0.25) is 4.79 Å². The molecule has 1 aromatic carbocycles. The molecule has 28 heavy (non-hydrogen) atoms. The highest BCUT2D eigenvalue weighted by Crippen LogP contribution is 2.45. The molecular weight excluding hydrogens is 433 g/mol. The van der Waals surface area contributed by atoms with Crippen LogP contribution in [-0.2, 0) is 14.6 Å². The molecule has 1 heterocycles. The summed E-state index contributed by atoms with van der Waals surface area (Å²) in [4.78, 5) is 24.5. The van der Waals surface area contributed by atoms with E-state index in [0.29, 0.717) is 0 Å². The summed E-state index contributed by atoms with van der Waals surface area (Å²) in [7, 11) is -3.91. The smallest absolute Gasteiger partial charge is 0.434 e. The molecule has 0 amide bonds. The van der Waals surface area contributed by atoms with Crippen LogP contribution in [0.5, 0.6) is 5.88 Å². The maximum atomic E-state index is 13.3.